The lowest BCUT2D eigenvalue weighted by Gasteiger charge is -2.15. The average molecular weight is 227 g/mol. The number of nitrogen functional groups attached to an aromatic ring is 1. The van der Waals surface area contributed by atoms with E-state index in [1.165, 1.54) is 0 Å². The molecule has 0 radical (unpaired) electrons. The lowest BCUT2D eigenvalue weighted by Crippen LogP contribution is -2.19. The molecule has 1 saturated carbocycles. The summed E-state index contributed by atoms with van der Waals surface area (Å²) < 4.78 is 0. The minimum Gasteiger partial charge on any atom is -0.397 e. The summed E-state index contributed by atoms with van der Waals surface area (Å²) in [5.74, 6) is 0. The third kappa shape index (κ3) is 2.36. The molecule has 1 aromatic carbocycles. The van der Waals surface area contributed by atoms with E-state index in [0.29, 0.717) is 10.7 Å². The summed E-state index contributed by atoms with van der Waals surface area (Å²) in [6.07, 6.45) is 2.17. The van der Waals surface area contributed by atoms with Crippen LogP contribution >= 0.6 is 11.6 Å². The van der Waals surface area contributed by atoms with Gasteiger partial charge in [0.25, 0.3) is 0 Å². The number of hydrogen-bond acceptors (Lipinski definition) is 3. The fourth-order valence-corrected chi connectivity index (χ4v) is 1.73. The van der Waals surface area contributed by atoms with Crippen molar-refractivity contribution in [3.8, 4) is 0 Å². The minimum absolute atomic E-state index is 0.0894. The highest BCUT2D eigenvalue weighted by atomic mass is 35.5. The lowest BCUT2D eigenvalue weighted by atomic mass is 10.1. The quantitative estimate of drug-likeness (QED) is 0.690. The van der Waals surface area contributed by atoms with Crippen LogP contribution in [0.3, 0.4) is 0 Å². The summed E-state index contributed by atoms with van der Waals surface area (Å²) in [4.78, 5) is 0. The minimum atomic E-state index is 0.0894. The van der Waals surface area contributed by atoms with E-state index in [0.717, 1.165) is 25.1 Å². The van der Waals surface area contributed by atoms with Crippen molar-refractivity contribution in [1.29, 1.82) is 0 Å². The van der Waals surface area contributed by atoms with Gasteiger partial charge in [0.1, 0.15) is 0 Å². The van der Waals surface area contributed by atoms with Gasteiger partial charge in [0.05, 0.1) is 18.0 Å². The van der Waals surface area contributed by atoms with Gasteiger partial charge in [-0.15, -0.1) is 0 Å². The predicted molar refractivity (Wildman–Crippen MR) is 63.1 cm³/mol. The van der Waals surface area contributed by atoms with E-state index < -0.39 is 0 Å². The molecule has 0 aromatic heterocycles. The van der Waals surface area contributed by atoms with Crippen LogP contribution in [0.15, 0.2) is 18.2 Å². The van der Waals surface area contributed by atoms with Crippen molar-refractivity contribution < 1.29 is 5.11 Å². The first-order valence-electron chi connectivity index (χ1n) is 5.05. The molecule has 0 atom stereocenters. The van der Waals surface area contributed by atoms with Gasteiger partial charge in [0.15, 0.2) is 0 Å². The van der Waals surface area contributed by atoms with E-state index >= 15 is 0 Å². The Balaban J connectivity index is 1.99. The maximum Gasteiger partial charge on any atom is 0.0575 e. The number of aliphatic hydroxyl groups is 1. The van der Waals surface area contributed by atoms with Crippen LogP contribution in [-0.2, 0) is 0 Å². The van der Waals surface area contributed by atoms with Crippen LogP contribution in [0.5, 0.6) is 0 Å². The molecule has 3 nitrogen and oxygen atoms in total. The molecule has 1 fully saturated rings. The van der Waals surface area contributed by atoms with Crippen molar-refractivity contribution in [2.75, 3.05) is 24.2 Å². The first-order chi connectivity index (χ1) is 7.15. The molecular formula is C11H15ClN2O. The first kappa shape index (κ1) is 10.6. The van der Waals surface area contributed by atoms with Gasteiger partial charge < -0.3 is 16.2 Å². The molecule has 1 aromatic rings. The molecule has 0 spiro atoms. The van der Waals surface area contributed by atoms with E-state index in [9.17, 15) is 0 Å². The third-order valence-corrected chi connectivity index (χ3v) is 3.20. The Hall–Kier alpha value is -0.930. The van der Waals surface area contributed by atoms with E-state index in [-0.39, 0.29) is 12.0 Å². The molecule has 0 bridgehead atoms. The second-order valence-electron chi connectivity index (χ2n) is 4.24. The van der Waals surface area contributed by atoms with Gasteiger partial charge >= 0.3 is 0 Å². The van der Waals surface area contributed by atoms with Gasteiger partial charge in [-0.3, -0.25) is 0 Å². The van der Waals surface area contributed by atoms with Crippen molar-refractivity contribution in [3.63, 3.8) is 0 Å². The summed E-state index contributed by atoms with van der Waals surface area (Å²) >= 11 is 5.80. The summed E-state index contributed by atoms with van der Waals surface area (Å²) in [5.41, 5.74) is 7.43. The van der Waals surface area contributed by atoms with Gasteiger partial charge in [0.2, 0.25) is 0 Å². The molecule has 4 N–H and O–H groups in total. The Labute approximate surface area is 94.2 Å². The summed E-state index contributed by atoms with van der Waals surface area (Å²) in [6, 6.07) is 5.40. The van der Waals surface area contributed by atoms with E-state index in [2.05, 4.69) is 5.32 Å². The van der Waals surface area contributed by atoms with Crippen LogP contribution in [0.25, 0.3) is 0 Å². The average Bonchev–Trinajstić information content (AvgIpc) is 2.97. The second kappa shape index (κ2) is 3.91. The summed E-state index contributed by atoms with van der Waals surface area (Å²) in [7, 11) is 0. The summed E-state index contributed by atoms with van der Waals surface area (Å²) in [5, 5.41) is 13.0. The number of halogens is 1. The zero-order valence-electron chi connectivity index (χ0n) is 8.46. The van der Waals surface area contributed by atoms with E-state index in [4.69, 9.17) is 22.4 Å². The topological polar surface area (TPSA) is 58.3 Å². The highest BCUT2D eigenvalue weighted by Gasteiger charge is 2.41. The Morgan fingerprint density at radius 3 is 2.73 bits per heavy atom. The van der Waals surface area contributed by atoms with Crippen LogP contribution in [0, 0.1) is 5.41 Å². The Morgan fingerprint density at radius 1 is 1.47 bits per heavy atom. The molecule has 2 rings (SSSR count). The van der Waals surface area contributed by atoms with Crippen LogP contribution < -0.4 is 11.1 Å². The fourth-order valence-electron chi connectivity index (χ4n) is 1.54. The van der Waals surface area contributed by atoms with Crippen molar-refractivity contribution >= 4 is 23.0 Å². The second-order valence-corrected chi connectivity index (χ2v) is 4.68. The van der Waals surface area contributed by atoms with Gasteiger partial charge in [0, 0.05) is 17.0 Å². The molecule has 0 saturated heterocycles. The van der Waals surface area contributed by atoms with Gasteiger partial charge in [-0.1, -0.05) is 11.6 Å². The van der Waals surface area contributed by atoms with Crippen LogP contribution in [0.4, 0.5) is 11.4 Å². The molecule has 0 amide bonds. The number of nitrogens with two attached hydrogens (primary N) is 1. The Morgan fingerprint density at radius 2 is 2.20 bits per heavy atom. The van der Waals surface area contributed by atoms with Crippen molar-refractivity contribution in [2.45, 2.75) is 12.8 Å². The molecule has 0 heterocycles. The van der Waals surface area contributed by atoms with Crippen LogP contribution in [0.2, 0.25) is 5.02 Å². The standard InChI is InChI=1S/C11H15ClN2O/c12-8-1-2-10(9(13)5-8)14-6-11(7-15)3-4-11/h1-2,5,14-15H,3-4,6-7,13H2. The number of benzene rings is 1. The number of nitrogens with one attached hydrogen (secondary N) is 1. The molecule has 15 heavy (non-hydrogen) atoms. The fraction of sp³-hybridized carbons (Fsp3) is 0.455. The Kier molecular flexibility index (Phi) is 2.76. The monoisotopic (exact) mass is 226 g/mol. The van der Waals surface area contributed by atoms with E-state index in [1.807, 2.05) is 6.07 Å². The SMILES string of the molecule is Nc1cc(Cl)ccc1NCC1(CO)CC1. The van der Waals surface area contributed by atoms with E-state index in [1.54, 1.807) is 12.1 Å². The molecule has 0 aliphatic heterocycles. The smallest absolute Gasteiger partial charge is 0.0575 e. The number of anilines is 2. The molecule has 4 heteroatoms. The Bertz CT molecular complexity index is 364. The maximum atomic E-state index is 9.16. The number of hydrogen-bond donors (Lipinski definition) is 3. The maximum absolute atomic E-state index is 9.16. The molecule has 0 unspecified atom stereocenters. The number of aliphatic hydroxyl groups excluding tert-OH is 1. The molecule has 82 valence electrons. The third-order valence-electron chi connectivity index (χ3n) is 2.96. The van der Waals surface area contributed by atoms with Gasteiger partial charge in [-0.05, 0) is 31.0 Å². The van der Waals surface area contributed by atoms with Crippen molar-refractivity contribution in [2.24, 2.45) is 5.41 Å². The largest absolute Gasteiger partial charge is 0.397 e. The predicted octanol–water partition coefficient (Wildman–Crippen LogP) is 2.11. The molecular weight excluding hydrogens is 212 g/mol. The van der Waals surface area contributed by atoms with Gasteiger partial charge in [-0.2, -0.15) is 0 Å². The zero-order valence-corrected chi connectivity index (χ0v) is 9.22. The van der Waals surface area contributed by atoms with Crippen molar-refractivity contribution in [1.82, 2.24) is 0 Å². The molecule has 1 aliphatic rings. The molecule has 1 aliphatic carbocycles. The highest BCUT2D eigenvalue weighted by Crippen LogP contribution is 2.45. The van der Waals surface area contributed by atoms with Crippen LogP contribution in [-0.4, -0.2) is 18.3 Å². The lowest BCUT2D eigenvalue weighted by molar-refractivity contribution is 0.220. The van der Waals surface area contributed by atoms with Crippen LogP contribution in [0.1, 0.15) is 12.8 Å². The number of rotatable bonds is 4. The van der Waals surface area contributed by atoms with Gasteiger partial charge in [-0.25, -0.2) is 0 Å². The zero-order chi connectivity index (χ0) is 10.9. The summed E-state index contributed by atoms with van der Waals surface area (Å²) in [6.45, 7) is 1.02. The normalized spacial score (nSPS) is 17.5. The highest BCUT2D eigenvalue weighted by molar-refractivity contribution is 6.31. The first-order valence-corrected chi connectivity index (χ1v) is 5.43. The van der Waals surface area contributed by atoms with Crippen molar-refractivity contribution in [3.05, 3.63) is 23.2 Å².